The van der Waals surface area contributed by atoms with E-state index in [1.54, 1.807) is 94.5 Å². The molecule has 13 nitrogen and oxygen atoms in total. The van der Waals surface area contributed by atoms with Crippen LogP contribution in [0, 0.1) is 17.3 Å². The van der Waals surface area contributed by atoms with Crippen molar-refractivity contribution in [3.8, 4) is 5.75 Å². The maximum atomic E-state index is 13.3. The molecule has 7 N–H and O–H groups in total. The smallest absolute Gasteiger partial charge is 0.265 e. The number of nitrogens with one attached hydrogen (secondary N) is 1. The summed E-state index contributed by atoms with van der Waals surface area (Å²) in [5.74, 6) is -5.59. The van der Waals surface area contributed by atoms with Crippen LogP contribution in [0.2, 0.25) is 0 Å². The van der Waals surface area contributed by atoms with Crippen molar-refractivity contribution in [2.45, 2.75) is 97.3 Å². The van der Waals surface area contributed by atoms with Crippen molar-refractivity contribution >= 4 is 11.7 Å². The molecule has 1 fully saturated rings. The second kappa shape index (κ2) is 22.5. The van der Waals surface area contributed by atoms with E-state index in [1.807, 2.05) is 19.9 Å². The quantitative estimate of drug-likeness (QED) is 0.0608. The molecular weight excluding hydrogens is 732 g/mol. The van der Waals surface area contributed by atoms with Gasteiger partial charge in [0.2, 0.25) is 11.7 Å². The van der Waals surface area contributed by atoms with Gasteiger partial charge in [-0.3, -0.25) is 14.4 Å². The van der Waals surface area contributed by atoms with E-state index < -0.39 is 76.9 Å². The second-order valence-corrected chi connectivity index (χ2v) is 14.8. The number of amides is 1. The highest BCUT2D eigenvalue weighted by molar-refractivity contribution is 6.09. The SMILES string of the molecule is C/C=C\C=C\[C@@H]1O[C@](O)([C@H](CC)C(=O)NC/C=C/C=C(\C)[C@@H](OC)[C@@H](C)[C@H](O)[C@@H](O)\C=C/C=C/C=C/C=C(\C)C(=O)c2c(O)ccn(C)c2=O)[C@H](O)[C@H](O)C1(C)C. The van der Waals surface area contributed by atoms with E-state index in [4.69, 9.17) is 9.47 Å². The molecular formula is C44H62N2O11. The molecule has 0 spiro atoms. The van der Waals surface area contributed by atoms with Gasteiger partial charge in [-0.1, -0.05) is 113 Å². The fourth-order valence-electron chi connectivity index (χ4n) is 6.50. The summed E-state index contributed by atoms with van der Waals surface area (Å²) in [5, 5.41) is 67.7. The zero-order chi connectivity index (χ0) is 43.1. The monoisotopic (exact) mass is 794 g/mol. The van der Waals surface area contributed by atoms with Crippen molar-refractivity contribution in [3.05, 3.63) is 124 Å². The molecule has 1 saturated heterocycles. The van der Waals surface area contributed by atoms with E-state index in [2.05, 4.69) is 5.32 Å². The molecule has 0 unspecified atom stereocenters. The lowest BCUT2D eigenvalue weighted by molar-refractivity contribution is -0.359. The van der Waals surface area contributed by atoms with Gasteiger partial charge in [0, 0.05) is 38.2 Å². The lowest BCUT2D eigenvalue weighted by atomic mass is 9.71. The van der Waals surface area contributed by atoms with Gasteiger partial charge in [0.15, 0.2) is 5.78 Å². The van der Waals surface area contributed by atoms with Crippen molar-refractivity contribution in [2.24, 2.45) is 24.3 Å². The van der Waals surface area contributed by atoms with Crippen LogP contribution in [0.4, 0.5) is 0 Å². The van der Waals surface area contributed by atoms with Crippen LogP contribution in [-0.2, 0) is 21.3 Å². The highest BCUT2D eigenvalue weighted by atomic mass is 16.7. The number of ketones is 1. The molecule has 0 aliphatic carbocycles. The Morgan fingerprint density at radius 3 is 2.30 bits per heavy atom. The Balaban J connectivity index is 1.98. The molecule has 0 radical (unpaired) electrons. The number of ether oxygens (including phenoxy) is 2. The fourth-order valence-corrected chi connectivity index (χ4v) is 6.50. The molecule has 57 heavy (non-hydrogen) atoms. The van der Waals surface area contributed by atoms with Gasteiger partial charge in [-0.25, -0.2) is 0 Å². The van der Waals surface area contributed by atoms with E-state index in [0.29, 0.717) is 0 Å². The van der Waals surface area contributed by atoms with Crippen molar-refractivity contribution in [1.29, 1.82) is 0 Å². The lowest BCUT2D eigenvalue weighted by Crippen LogP contribution is -2.69. The lowest BCUT2D eigenvalue weighted by Gasteiger charge is -2.53. The maximum Gasteiger partial charge on any atom is 0.265 e. The summed E-state index contributed by atoms with van der Waals surface area (Å²) in [6, 6.07) is 1.28. The third-order valence-electron chi connectivity index (χ3n) is 10.2. The first-order valence-corrected chi connectivity index (χ1v) is 19.0. The number of carbonyl (C=O) groups excluding carboxylic acids is 2. The number of pyridine rings is 1. The molecule has 13 heteroatoms. The van der Waals surface area contributed by atoms with Gasteiger partial charge in [-0.2, -0.15) is 0 Å². The standard InChI is InChI=1S/C44H62N2O11/c1-10-12-16-24-34-43(6,7)39(51)40(52)44(55,57-34)31(11-2)41(53)45-26-20-19-22-29(4)38(56-9)30(5)37(50)33(48)23-18-15-13-14-17-21-28(3)36(49)35-32(47)25-27-46(8)42(35)54/h10,12-25,27,30-31,33-34,37-40,47-48,50-52,55H,11,26H2,1-9H3,(H,45,53)/b12-10-,15-13+,17-14+,20-19+,23-18-,24-16+,28-21+,29-22+/t30-,31+,33-,34-,37-,38+,39-,40+,44+/m0/s1. The Kier molecular flexibility index (Phi) is 19.2. The summed E-state index contributed by atoms with van der Waals surface area (Å²) in [4.78, 5) is 38.2. The topological polar surface area (TPSA) is 208 Å². The zero-order valence-corrected chi connectivity index (χ0v) is 34.4. The van der Waals surface area contributed by atoms with E-state index >= 15 is 0 Å². The van der Waals surface area contributed by atoms with Crippen LogP contribution in [-0.4, -0.2) is 103 Å². The number of aliphatic hydroxyl groups is 5. The van der Waals surface area contributed by atoms with Gasteiger partial charge < -0.3 is 50.0 Å². The molecule has 1 aliphatic heterocycles. The minimum absolute atomic E-state index is 0.0828. The minimum atomic E-state index is -2.34. The fraction of sp³-hybridized carbons (Fsp3) is 0.477. The van der Waals surface area contributed by atoms with Crippen molar-refractivity contribution in [1.82, 2.24) is 9.88 Å². The number of rotatable bonds is 19. The van der Waals surface area contributed by atoms with Crippen LogP contribution in [0.25, 0.3) is 0 Å². The summed E-state index contributed by atoms with van der Waals surface area (Å²) in [5.41, 5.74) is -0.849. The largest absolute Gasteiger partial charge is 0.507 e. The molecule has 1 aliphatic rings. The normalized spacial score (nSPS) is 24.9. The summed E-state index contributed by atoms with van der Waals surface area (Å²) < 4.78 is 12.8. The summed E-state index contributed by atoms with van der Waals surface area (Å²) in [7, 11) is 2.98. The molecule has 2 rings (SSSR count). The number of Topliss-reactive ketones (excluding diaryl/α,β-unsaturated/α-hetero) is 1. The number of aromatic nitrogens is 1. The molecule has 0 saturated carbocycles. The first-order valence-electron chi connectivity index (χ1n) is 19.0. The summed E-state index contributed by atoms with van der Waals surface area (Å²) in [6.07, 6.45) is 17.7. The average Bonchev–Trinajstić information content (AvgIpc) is 3.17. The number of nitrogens with zero attached hydrogens (tertiary/aromatic N) is 1. The molecule has 314 valence electrons. The van der Waals surface area contributed by atoms with Crippen LogP contribution < -0.4 is 10.9 Å². The summed E-state index contributed by atoms with van der Waals surface area (Å²) >= 11 is 0. The number of methoxy groups -OCH3 is 1. The molecule has 1 aromatic rings. The summed E-state index contributed by atoms with van der Waals surface area (Å²) in [6.45, 7) is 12.1. The number of hydrogen-bond donors (Lipinski definition) is 7. The van der Waals surface area contributed by atoms with Gasteiger partial charge in [-0.15, -0.1) is 0 Å². The van der Waals surface area contributed by atoms with Crippen LogP contribution in [0.15, 0.2) is 113 Å². The first-order chi connectivity index (χ1) is 26.8. The van der Waals surface area contributed by atoms with Crippen LogP contribution >= 0.6 is 0 Å². The zero-order valence-electron chi connectivity index (χ0n) is 34.4. The van der Waals surface area contributed by atoms with E-state index in [1.165, 1.54) is 50.1 Å². The van der Waals surface area contributed by atoms with E-state index in [-0.39, 0.29) is 29.9 Å². The van der Waals surface area contributed by atoms with E-state index in [0.717, 1.165) is 5.57 Å². The predicted molar refractivity (Wildman–Crippen MR) is 220 cm³/mol. The van der Waals surface area contributed by atoms with Gasteiger partial charge in [0.1, 0.15) is 17.4 Å². The second-order valence-electron chi connectivity index (χ2n) is 14.8. The Morgan fingerprint density at radius 1 is 1.02 bits per heavy atom. The average molecular weight is 795 g/mol. The van der Waals surface area contributed by atoms with Gasteiger partial charge in [0.25, 0.3) is 5.56 Å². The number of allylic oxidation sites excluding steroid dienone is 12. The molecule has 1 amide bonds. The van der Waals surface area contributed by atoms with Gasteiger partial charge >= 0.3 is 0 Å². The van der Waals surface area contributed by atoms with Crippen molar-refractivity contribution in [2.75, 3.05) is 13.7 Å². The number of aliphatic hydroxyl groups excluding tert-OH is 4. The first kappa shape index (κ1) is 48.7. The molecule has 0 bridgehead atoms. The number of aromatic hydroxyl groups is 1. The highest BCUT2D eigenvalue weighted by Crippen LogP contribution is 2.44. The molecule has 1 aromatic heterocycles. The number of hydrogen-bond acceptors (Lipinski definition) is 11. The van der Waals surface area contributed by atoms with Gasteiger partial charge in [-0.05, 0) is 44.4 Å². The molecule has 2 heterocycles. The number of aryl methyl sites for hydroxylation is 1. The van der Waals surface area contributed by atoms with Crippen LogP contribution in [0.5, 0.6) is 5.75 Å². The van der Waals surface area contributed by atoms with Crippen LogP contribution in [0.3, 0.4) is 0 Å². The Morgan fingerprint density at radius 2 is 1.67 bits per heavy atom. The van der Waals surface area contributed by atoms with Gasteiger partial charge in [0.05, 0.1) is 36.4 Å². The van der Waals surface area contributed by atoms with Crippen molar-refractivity contribution < 1.29 is 49.7 Å². The Bertz CT molecular complexity index is 1820. The molecule has 9 atom stereocenters. The third-order valence-corrected chi connectivity index (χ3v) is 10.2. The Labute approximate surface area is 336 Å². The predicted octanol–water partition coefficient (Wildman–Crippen LogP) is 3.87. The highest BCUT2D eigenvalue weighted by Gasteiger charge is 2.60. The minimum Gasteiger partial charge on any atom is -0.507 e. The van der Waals surface area contributed by atoms with Crippen LogP contribution in [0.1, 0.15) is 65.2 Å². The number of carbonyl (C=O) groups is 2. The molecule has 0 aromatic carbocycles. The third kappa shape index (κ3) is 12.5. The van der Waals surface area contributed by atoms with Crippen molar-refractivity contribution in [3.63, 3.8) is 0 Å². The Hall–Kier alpha value is -4.47. The van der Waals surface area contributed by atoms with E-state index in [9.17, 15) is 45.0 Å². The maximum absolute atomic E-state index is 13.3.